The number of morpholine rings is 1. The molecule has 26 heavy (non-hydrogen) atoms. The van der Waals surface area contributed by atoms with Gasteiger partial charge < -0.3 is 14.1 Å². The second kappa shape index (κ2) is 6.53. The minimum atomic E-state index is -0.397. The van der Waals surface area contributed by atoms with Gasteiger partial charge in [-0.15, -0.1) is 10.2 Å². The standard InChI is InChI=1S/C18H21N5O3/c1-11(2)16-20-21-17(26-16)14-10-25-7-6-22(14)18(24)13-8-19-15-5-4-12(3)9-23(13)15/h4-5,8-9,11,14H,6-7,10H2,1-3H3/t14-/m1/s1. The van der Waals surface area contributed by atoms with Crippen molar-refractivity contribution in [2.45, 2.75) is 32.7 Å². The highest BCUT2D eigenvalue weighted by Gasteiger charge is 2.34. The number of rotatable bonds is 3. The Morgan fingerprint density at radius 2 is 2.15 bits per heavy atom. The van der Waals surface area contributed by atoms with Crippen LogP contribution in [0.25, 0.3) is 5.65 Å². The minimum absolute atomic E-state index is 0.124. The lowest BCUT2D eigenvalue weighted by Crippen LogP contribution is -2.44. The molecule has 0 N–H and O–H groups in total. The summed E-state index contributed by atoms with van der Waals surface area (Å²) in [6.07, 6.45) is 3.52. The third kappa shape index (κ3) is 2.86. The zero-order chi connectivity index (χ0) is 18.3. The van der Waals surface area contributed by atoms with Crippen molar-refractivity contribution >= 4 is 11.6 Å². The van der Waals surface area contributed by atoms with Crippen LogP contribution in [-0.2, 0) is 4.74 Å². The summed E-state index contributed by atoms with van der Waals surface area (Å²) < 4.78 is 13.2. The maximum Gasteiger partial charge on any atom is 0.273 e. The number of hydrogen-bond donors (Lipinski definition) is 0. The lowest BCUT2D eigenvalue weighted by molar-refractivity contribution is -0.0111. The number of pyridine rings is 1. The van der Waals surface area contributed by atoms with E-state index >= 15 is 0 Å². The van der Waals surface area contributed by atoms with E-state index in [-0.39, 0.29) is 11.8 Å². The van der Waals surface area contributed by atoms with Crippen LogP contribution in [-0.4, -0.2) is 50.1 Å². The van der Waals surface area contributed by atoms with Crippen molar-refractivity contribution in [3.63, 3.8) is 0 Å². The van der Waals surface area contributed by atoms with Gasteiger partial charge in [-0.3, -0.25) is 9.20 Å². The molecule has 1 aliphatic heterocycles. The highest BCUT2D eigenvalue weighted by molar-refractivity contribution is 5.93. The van der Waals surface area contributed by atoms with Gasteiger partial charge in [-0.05, 0) is 18.6 Å². The van der Waals surface area contributed by atoms with Crippen molar-refractivity contribution in [1.82, 2.24) is 24.5 Å². The molecule has 0 saturated carbocycles. The van der Waals surface area contributed by atoms with Crippen LogP contribution in [0.3, 0.4) is 0 Å². The van der Waals surface area contributed by atoms with E-state index in [2.05, 4.69) is 15.2 Å². The topological polar surface area (TPSA) is 85.8 Å². The number of aryl methyl sites for hydroxylation is 1. The zero-order valence-electron chi connectivity index (χ0n) is 15.0. The maximum absolute atomic E-state index is 13.2. The first-order chi connectivity index (χ1) is 12.5. The smallest absolute Gasteiger partial charge is 0.273 e. The molecule has 0 bridgehead atoms. The Bertz CT molecular complexity index is 945. The molecule has 1 amide bonds. The van der Waals surface area contributed by atoms with Crippen LogP contribution in [0.5, 0.6) is 0 Å². The quantitative estimate of drug-likeness (QED) is 0.717. The van der Waals surface area contributed by atoms with E-state index in [1.165, 1.54) is 0 Å². The summed E-state index contributed by atoms with van der Waals surface area (Å²) in [4.78, 5) is 19.3. The first kappa shape index (κ1) is 16.7. The highest BCUT2D eigenvalue weighted by atomic mass is 16.5. The second-order valence-electron chi connectivity index (χ2n) is 6.80. The van der Waals surface area contributed by atoms with E-state index in [1.54, 1.807) is 11.1 Å². The fourth-order valence-corrected chi connectivity index (χ4v) is 3.06. The van der Waals surface area contributed by atoms with Crippen molar-refractivity contribution in [3.05, 3.63) is 47.6 Å². The molecule has 0 spiro atoms. The summed E-state index contributed by atoms with van der Waals surface area (Å²) >= 11 is 0. The Morgan fingerprint density at radius 1 is 1.31 bits per heavy atom. The fraction of sp³-hybridized carbons (Fsp3) is 0.444. The molecule has 0 radical (unpaired) electrons. The number of nitrogens with zero attached hydrogens (tertiary/aromatic N) is 5. The Kier molecular flexibility index (Phi) is 4.20. The van der Waals surface area contributed by atoms with Crippen molar-refractivity contribution in [3.8, 4) is 0 Å². The number of amides is 1. The van der Waals surface area contributed by atoms with Gasteiger partial charge in [0.25, 0.3) is 5.91 Å². The van der Waals surface area contributed by atoms with Gasteiger partial charge in [0.2, 0.25) is 11.8 Å². The number of ether oxygens (including phenoxy) is 1. The van der Waals surface area contributed by atoms with Gasteiger partial charge in [0, 0.05) is 18.7 Å². The molecule has 1 atom stereocenters. The normalized spacial score (nSPS) is 18.0. The minimum Gasteiger partial charge on any atom is -0.423 e. The molecule has 136 valence electrons. The van der Waals surface area contributed by atoms with E-state index in [9.17, 15) is 4.79 Å². The molecule has 1 fully saturated rings. The van der Waals surface area contributed by atoms with Gasteiger partial charge in [-0.2, -0.15) is 0 Å². The fourth-order valence-electron chi connectivity index (χ4n) is 3.06. The summed E-state index contributed by atoms with van der Waals surface area (Å²) in [5.74, 6) is 0.975. The Balaban J connectivity index is 1.68. The number of hydrogen-bond acceptors (Lipinski definition) is 6. The molecular weight excluding hydrogens is 334 g/mol. The van der Waals surface area contributed by atoms with Crippen LogP contribution in [0.4, 0.5) is 0 Å². The molecule has 1 aliphatic rings. The number of imidazole rings is 1. The van der Waals surface area contributed by atoms with Crippen LogP contribution < -0.4 is 0 Å². The third-order valence-corrected chi connectivity index (χ3v) is 4.50. The summed E-state index contributed by atoms with van der Waals surface area (Å²) in [5, 5.41) is 8.22. The van der Waals surface area contributed by atoms with E-state index < -0.39 is 6.04 Å². The summed E-state index contributed by atoms with van der Waals surface area (Å²) in [7, 11) is 0. The van der Waals surface area contributed by atoms with Crippen molar-refractivity contribution in [1.29, 1.82) is 0 Å². The van der Waals surface area contributed by atoms with Gasteiger partial charge in [0.15, 0.2) is 0 Å². The van der Waals surface area contributed by atoms with E-state index in [4.69, 9.17) is 9.15 Å². The van der Waals surface area contributed by atoms with E-state index in [1.807, 2.05) is 43.5 Å². The molecule has 1 saturated heterocycles. The number of aromatic nitrogens is 4. The van der Waals surface area contributed by atoms with Crippen LogP contribution in [0, 0.1) is 6.92 Å². The predicted molar refractivity (Wildman–Crippen MR) is 92.9 cm³/mol. The highest BCUT2D eigenvalue weighted by Crippen LogP contribution is 2.27. The molecule has 0 unspecified atom stereocenters. The van der Waals surface area contributed by atoms with Crippen LogP contribution in [0.1, 0.15) is 53.6 Å². The second-order valence-corrected chi connectivity index (χ2v) is 6.80. The lowest BCUT2D eigenvalue weighted by atomic mass is 10.2. The van der Waals surface area contributed by atoms with Crippen molar-refractivity contribution in [2.75, 3.05) is 19.8 Å². The Morgan fingerprint density at radius 3 is 2.92 bits per heavy atom. The largest absolute Gasteiger partial charge is 0.423 e. The number of carbonyl (C=O) groups excluding carboxylic acids is 1. The predicted octanol–water partition coefficient (Wildman–Crippen LogP) is 2.36. The Hall–Kier alpha value is -2.74. The third-order valence-electron chi connectivity index (χ3n) is 4.50. The van der Waals surface area contributed by atoms with Crippen molar-refractivity contribution < 1.29 is 13.9 Å². The Labute approximate surface area is 150 Å². The first-order valence-electron chi connectivity index (χ1n) is 8.70. The van der Waals surface area contributed by atoms with Gasteiger partial charge in [0.05, 0.1) is 19.4 Å². The molecule has 8 heteroatoms. The van der Waals surface area contributed by atoms with E-state index in [0.717, 1.165) is 11.2 Å². The zero-order valence-corrected chi connectivity index (χ0v) is 15.0. The summed E-state index contributed by atoms with van der Waals surface area (Å²) in [6, 6.07) is 3.47. The van der Waals surface area contributed by atoms with Crippen LogP contribution in [0.15, 0.2) is 28.9 Å². The van der Waals surface area contributed by atoms with Gasteiger partial charge in [0.1, 0.15) is 17.4 Å². The average molecular weight is 355 g/mol. The van der Waals surface area contributed by atoms with Gasteiger partial charge in [-0.1, -0.05) is 19.9 Å². The monoisotopic (exact) mass is 355 g/mol. The lowest BCUT2D eigenvalue weighted by Gasteiger charge is -2.33. The van der Waals surface area contributed by atoms with Crippen LogP contribution in [0.2, 0.25) is 0 Å². The van der Waals surface area contributed by atoms with Crippen molar-refractivity contribution in [2.24, 2.45) is 0 Å². The van der Waals surface area contributed by atoms with Gasteiger partial charge >= 0.3 is 0 Å². The number of carbonyl (C=O) groups is 1. The molecule has 0 aromatic carbocycles. The molecular formula is C18H21N5O3. The summed E-state index contributed by atoms with van der Waals surface area (Å²) in [6.45, 7) is 7.22. The van der Waals surface area contributed by atoms with E-state index in [0.29, 0.717) is 37.2 Å². The molecule has 3 aromatic rings. The molecule has 3 aromatic heterocycles. The average Bonchev–Trinajstić information content (AvgIpc) is 3.28. The first-order valence-corrected chi connectivity index (χ1v) is 8.70. The molecule has 0 aliphatic carbocycles. The summed E-state index contributed by atoms with van der Waals surface area (Å²) in [5.41, 5.74) is 2.31. The number of fused-ring (bicyclic) bond motifs is 1. The SMILES string of the molecule is Cc1ccc2ncc(C(=O)N3CCOC[C@@H]3c3nnc(C(C)C)o3)n2c1. The van der Waals surface area contributed by atoms with Gasteiger partial charge in [-0.25, -0.2) is 4.98 Å². The molecule has 4 heterocycles. The maximum atomic E-state index is 13.2. The molecule has 8 nitrogen and oxygen atoms in total. The molecule has 4 rings (SSSR count). The van der Waals surface area contributed by atoms with Crippen LogP contribution >= 0.6 is 0 Å².